The van der Waals surface area contributed by atoms with Gasteiger partial charge in [-0.25, -0.2) is 0 Å². The fourth-order valence-corrected chi connectivity index (χ4v) is 1.47. The Bertz CT molecular complexity index is 438. The van der Waals surface area contributed by atoms with Crippen molar-refractivity contribution in [2.75, 3.05) is 0 Å². The van der Waals surface area contributed by atoms with Crippen LogP contribution < -0.4 is 10.1 Å². The van der Waals surface area contributed by atoms with E-state index in [4.69, 9.17) is 5.26 Å². The van der Waals surface area contributed by atoms with Crippen LogP contribution in [0.1, 0.15) is 25.5 Å². The van der Waals surface area contributed by atoms with E-state index in [1.807, 2.05) is 6.07 Å². The van der Waals surface area contributed by atoms with Gasteiger partial charge in [0.05, 0.1) is 6.07 Å². The number of nitriles is 1. The number of hydrogen-bond donors (Lipinski definition) is 1. The molecule has 0 spiro atoms. The molecule has 98 valence electrons. The number of benzene rings is 1. The van der Waals surface area contributed by atoms with Gasteiger partial charge in [-0.05, 0) is 19.9 Å². The monoisotopic (exact) mass is 258 g/mol. The Morgan fingerprint density at radius 1 is 1.28 bits per heavy atom. The SMILES string of the molecule is CC(C)NC(C#N)c1ccccc1OC(F)(F)F. The van der Waals surface area contributed by atoms with Gasteiger partial charge in [0.15, 0.2) is 0 Å². The van der Waals surface area contributed by atoms with E-state index in [0.717, 1.165) is 0 Å². The number of nitrogens with one attached hydrogen (secondary N) is 1. The molecular formula is C12H13F3N2O. The molecule has 1 N–H and O–H groups in total. The van der Waals surface area contributed by atoms with Crippen LogP contribution in [0.15, 0.2) is 24.3 Å². The summed E-state index contributed by atoms with van der Waals surface area (Å²) in [5.74, 6) is -0.357. The summed E-state index contributed by atoms with van der Waals surface area (Å²) in [4.78, 5) is 0. The molecule has 18 heavy (non-hydrogen) atoms. The van der Waals surface area contributed by atoms with Crippen molar-refractivity contribution in [1.82, 2.24) is 5.32 Å². The Balaban J connectivity index is 3.04. The molecule has 0 aliphatic rings. The first-order valence-corrected chi connectivity index (χ1v) is 5.34. The topological polar surface area (TPSA) is 45.0 Å². The fraction of sp³-hybridized carbons (Fsp3) is 0.417. The number of alkyl halides is 3. The predicted molar refractivity (Wildman–Crippen MR) is 59.8 cm³/mol. The lowest BCUT2D eigenvalue weighted by Crippen LogP contribution is -2.28. The third kappa shape index (κ3) is 4.26. The molecule has 0 aromatic heterocycles. The Morgan fingerprint density at radius 2 is 1.89 bits per heavy atom. The molecule has 0 aliphatic heterocycles. The summed E-state index contributed by atoms with van der Waals surface area (Å²) in [5.41, 5.74) is 0.172. The van der Waals surface area contributed by atoms with Crippen molar-refractivity contribution in [2.45, 2.75) is 32.3 Å². The van der Waals surface area contributed by atoms with Crippen molar-refractivity contribution in [3.8, 4) is 11.8 Å². The van der Waals surface area contributed by atoms with Crippen LogP contribution in [-0.2, 0) is 0 Å². The number of para-hydroxylation sites is 1. The Labute approximate surface area is 103 Å². The normalized spacial score (nSPS) is 13.2. The molecule has 1 unspecified atom stereocenters. The van der Waals surface area contributed by atoms with Crippen LogP contribution in [0.5, 0.6) is 5.75 Å². The van der Waals surface area contributed by atoms with Crippen LogP contribution in [0.3, 0.4) is 0 Å². The zero-order chi connectivity index (χ0) is 13.8. The molecule has 1 atom stereocenters. The highest BCUT2D eigenvalue weighted by Crippen LogP contribution is 2.30. The molecule has 1 aromatic rings. The molecular weight excluding hydrogens is 245 g/mol. The molecule has 0 amide bonds. The van der Waals surface area contributed by atoms with Gasteiger partial charge in [0, 0.05) is 11.6 Å². The molecule has 0 aliphatic carbocycles. The summed E-state index contributed by atoms with van der Waals surface area (Å²) in [5, 5.41) is 11.9. The van der Waals surface area contributed by atoms with Gasteiger partial charge in [0.2, 0.25) is 0 Å². The minimum atomic E-state index is -4.77. The van der Waals surface area contributed by atoms with Gasteiger partial charge in [-0.3, -0.25) is 5.32 Å². The molecule has 0 radical (unpaired) electrons. The average Bonchev–Trinajstić information content (AvgIpc) is 2.24. The third-order valence-corrected chi connectivity index (χ3v) is 2.08. The van der Waals surface area contributed by atoms with Crippen molar-refractivity contribution in [3.05, 3.63) is 29.8 Å². The van der Waals surface area contributed by atoms with Crippen LogP contribution in [0, 0.1) is 11.3 Å². The Morgan fingerprint density at radius 3 is 2.39 bits per heavy atom. The lowest BCUT2D eigenvalue weighted by atomic mass is 10.1. The highest BCUT2D eigenvalue weighted by Gasteiger charge is 2.33. The lowest BCUT2D eigenvalue weighted by Gasteiger charge is -2.18. The summed E-state index contributed by atoms with van der Waals surface area (Å²) >= 11 is 0. The number of hydrogen-bond acceptors (Lipinski definition) is 3. The molecule has 0 heterocycles. The van der Waals surface area contributed by atoms with Gasteiger partial charge in [0.1, 0.15) is 11.8 Å². The van der Waals surface area contributed by atoms with Crippen LogP contribution in [0.25, 0.3) is 0 Å². The molecule has 0 fully saturated rings. The third-order valence-electron chi connectivity index (χ3n) is 2.08. The van der Waals surface area contributed by atoms with E-state index in [-0.39, 0.29) is 17.4 Å². The summed E-state index contributed by atoms with van der Waals surface area (Å²) < 4.78 is 40.6. The minimum Gasteiger partial charge on any atom is -0.405 e. The highest BCUT2D eigenvalue weighted by atomic mass is 19.4. The minimum absolute atomic E-state index is 0.0337. The zero-order valence-electron chi connectivity index (χ0n) is 9.95. The standard InChI is InChI=1S/C12H13F3N2O/c1-8(2)17-10(7-16)9-5-3-4-6-11(9)18-12(13,14)15/h3-6,8,10,17H,1-2H3. The summed E-state index contributed by atoms with van der Waals surface area (Å²) in [6.45, 7) is 3.61. The van der Waals surface area contributed by atoms with Gasteiger partial charge < -0.3 is 4.74 Å². The maximum atomic E-state index is 12.2. The first-order valence-electron chi connectivity index (χ1n) is 5.34. The van der Waals surface area contributed by atoms with E-state index in [2.05, 4.69) is 10.1 Å². The molecule has 1 rings (SSSR count). The number of ether oxygens (including phenoxy) is 1. The number of rotatable bonds is 4. The summed E-state index contributed by atoms with van der Waals surface area (Å²) in [6.07, 6.45) is -4.77. The van der Waals surface area contributed by atoms with Gasteiger partial charge in [-0.15, -0.1) is 13.2 Å². The lowest BCUT2D eigenvalue weighted by molar-refractivity contribution is -0.274. The van der Waals surface area contributed by atoms with E-state index >= 15 is 0 Å². The first kappa shape index (κ1) is 14.3. The van der Waals surface area contributed by atoms with Crippen molar-refractivity contribution >= 4 is 0 Å². The van der Waals surface area contributed by atoms with Crippen LogP contribution in [0.4, 0.5) is 13.2 Å². The highest BCUT2D eigenvalue weighted by molar-refractivity contribution is 5.38. The zero-order valence-corrected chi connectivity index (χ0v) is 9.95. The van der Waals surface area contributed by atoms with Crippen molar-refractivity contribution < 1.29 is 17.9 Å². The molecule has 6 heteroatoms. The molecule has 3 nitrogen and oxygen atoms in total. The first-order chi connectivity index (χ1) is 8.33. The van der Waals surface area contributed by atoms with Gasteiger partial charge in [0.25, 0.3) is 0 Å². The Hall–Kier alpha value is -1.74. The van der Waals surface area contributed by atoms with Crippen molar-refractivity contribution in [1.29, 1.82) is 5.26 Å². The summed E-state index contributed by atoms with van der Waals surface area (Å²) in [6, 6.07) is 6.65. The number of nitrogens with zero attached hydrogens (tertiary/aromatic N) is 1. The van der Waals surface area contributed by atoms with E-state index in [9.17, 15) is 13.2 Å². The maximum absolute atomic E-state index is 12.2. The van der Waals surface area contributed by atoms with Crippen LogP contribution in [0.2, 0.25) is 0 Å². The molecule has 0 saturated heterocycles. The summed E-state index contributed by atoms with van der Waals surface area (Å²) in [7, 11) is 0. The van der Waals surface area contributed by atoms with E-state index < -0.39 is 12.4 Å². The predicted octanol–water partition coefficient (Wildman–Crippen LogP) is 3.15. The molecule has 0 saturated carbocycles. The van der Waals surface area contributed by atoms with Gasteiger partial charge >= 0.3 is 6.36 Å². The fourth-order valence-electron chi connectivity index (χ4n) is 1.47. The largest absolute Gasteiger partial charge is 0.573 e. The van der Waals surface area contributed by atoms with E-state index in [0.29, 0.717) is 0 Å². The van der Waals surface area contributed by atoms with Gasteiger partial charge in [-0.2, -0.15) is 5.26 Å². The number of halogens is 3. The van der Waals surface area contributed by atoms with Crippen LogP contribution >= 0.6 is 0 Å². The van der Waals surface area contributed by atoms with Crippen LogP contribution in [-0.4, -0.2) is 12.4 Å². The Kier molecular flexibility index (Phi) is 4.56. The van der Waals surface area contributed by atoms with Crippen molar-refractivity contribution in [2.24, 2.45) is 0 Å². The molecule has 0 bridgehead atoms. The molecule has 1 aromatic carbocycles. The second-order valence-electron chi connectivity index (χ2n) is 3.97. The van der Waals surface area contributed by atoms with E-state index in [1.165, 1.54) is 18.2 Å². The van der Waals surface area contributed by atoms with E-state index in [1.54, 1.807) is 19.9 Å². The maximum Gasteiger partial charge on any atom is 0.573 e. The second kappa shape index (κ2) is 5.74. The smallest absolute Gasteiger partial charge is 0.405 e. The second-order valence-corrected chi connectivity index (χ2v) is 3.97. The quantitative estimate of drug-likeness (QED) is 0.902. The van der Waals surface area contributed by atoms with Gasteiger partial charge in [-0.1, -0.05) is 18.2 Å². The average molecular weight is 258 g/mol. The van der Waals surface area contributed by atoms with Crippen molar-refractivity contribution in [3.63, 3.8) is 0 Å².